The van der Waals surface area contributed by atoms with Crippen molar-refractivity contribution in [2.45, 2.75) is 36.6 Å². The van der Waals surface area contributed by atoms with Gasteiger partial charge in [-0.3, -0.25) is 4.79 Å². The van der Waals surface area contributed by atoms with Crippen LogP contribution in [0.3, 0.4) is 0 Å². The van der Waals surface area contributed by atoms with Crippen LogP contribution in [-0.2, 0) is 14.8 Å². The molecule has 0 spiro atoms. The Morgan fingerprint density at radius 2 is 2.10 bits per heavy atom. The molecule has 0 aromatic heterocycles. The number of rotatable bonds is 4. The highest BCUT2D eigenvalue weighted by Crippen LogP contribution is 2.36. The molecule has 20 heavy (non-hydrogen) atoms. The predicted molar refractivity (Wildman–Crippen MR) is 78.2 cm³/mol. The molecule has 2 rings (SSSR count). The standard InChI is InChI=1S/C13H17NO4S2/c1-3-12-14(10(8-19-12)13(15)16)20(17,18)11-7-5-4-6-9(11)2/h4-7,10,12H,3,8H2,1-2H3,(H,15,16). The zero-order valence-electron chi connectivity index (χ0n) is 11.3. The molecule has 2 unspecified atom stereocenters. The SMILES string of the molecule is CCC1SCC(C(=O)O)N1S(=O)(=O)c1ccccc1C. The molecule has 1 saturated heterocycles. The molecule has 5 nitrogen and oxygen atoms in total. The Labute approximate surface area is 123 Å². The molecule has 1 heterocycles. The van der Waals surface area contributed by atoms with Crippen LogP contribution in [0, 0.1) is 6.92 Å². The van der Waals surface area contributed by atoms with Gasteiger partial charge >= 0.3 is 5.97 Å². The number of carboxylic acid groups (broad SMARTS) is 1. The summed E-state index contributed by atoms with van der Waals surface area (Å²) in [6.45, 7) is 3.58. The first-order valence-corrected chi connectivity index (χ1v) is 8.82. The Hall–Kier alpha value is -1.05. The first-order chi connectivity index (χ1) is 9.39. The van der Waals surface area contributed by atoms with Crippen LogP contribution in [0.1, 0.15) is 18.9 Å². The second-order valence-electron chi connectivity index (χ2n) is 4.65. The van der Waals surface area contributed by atoms with E-state index in [0.29, 0.717) is 17.7 Å². The molecular formula is C13H17NO4S2. The number of carboxylic acids is 1. The Balaban J connectivity index is 2.50. The minimum Gasteiger partial charge on any atom is -0.480 e. The first-order valence-electron chi connectivity index (χ1n) is 6.33. The molecule has 0 bridgehead atoms. The van der Waals surface area contributed by atoms with Crippen molar-refractivity contribution in [1.82, 2.24) is 4.31 Å². The largest absolute Gasteiger partial charge is 0.480 e. The second-order valence-corrected chi connectivity index (χ2v) is 7.67. The van der Waals surface area contributed by atoms with Crippen molar-refractivity contribution in [1.29, 1.82) is 0 Å². The molecule has 1 aromatic rings. The highest BCUT2D eigenvalue weighted by molar-refractivity contribution is 8.01. The number of carbonyl (C=O) groups is 1. The lowest BCUT2D eigenvalue weighted by molar-refractivity contribution is -0.140. The van der Waals surface area contributed by atoms with E-state index >= 15 is 0 Å². The normalized spacial score (nSPS) is 23.9. The van der Waals surface area contributed by atoms with Crippen molar-refractivity contribution in [3.63, 3.8) is 0 Å². The van der Waals surface area contributed by atoms with Gasteiger partial charge in [0.15, 0.2) is 0 Å². The van der Waals surface area contributed by atoms with E-state index in [4.69, 9.17) is 0 Å². The maximum Gasteiger partial charge on any atom is 0.322 e. The van der Waals surface area contributed by atoms with Crippen molar-refractivity contribution < 1.29 is 18.3 Å². The molecular weight excluding hydrogens is 298 g/mol. The third-order valence-electron chi connectivity index (χ3n) is 3.32. The van der Waals surface area contributed by atoms with E-state index in [2.05, 4.69) is 0 Å². The highest BCUT2D eigenvalue weighted by atomic mass is 32.2. The number of hydrogen-bond acceptors (Lipinski definition) is 4. The molecule has 1 aliphatic heterocycles. The van der Waals surface area contributed by atoms with E-state index in [0.717, 1.165) is 4.31 Å². The summed E-state index contributed by atoms with van der Waals surface area (Å²) in [7, 11) is -3.79. The topological polar surface area (TPSA) is 74.7 Å². The molecule has 110 valence electrons. The fourth-order valence-corrected chi connectivity index (χ4v) is 6.07. The van der Waals surface area contributed by atoms with Crippen molar-refractivity contribution in [3.05, 3.63) is 29.8 Å². The van der Waals surface area contributed by atoms with Crippen LogP contribution in [-0.4, -0.2) is 41.0 Å². The van der Waals surface area contributed by atoms with Crippen LogP contribution in [0.2, 0.25) is 0 Å². The summed E-state index contributed by atoms with van der Waals surface area (Å²) < 4.78 is 26.7. The van der Waals surface area contributed by atoms with Gasteiger partial charge in [-0.05, 0) is 25.0 Å². The van der Waals surface area contributed by atoms with Gasteiger partial charge in [0.05, 0.1) is 10.3 Å². The summed E-state index contributed by atoms with van der Waals surface area (Å²) in [6, 6.07) is 5.67. The summed E-state index contributed by atoms with van der Waals surface area (Å²) in [5, 5.41) is 8.94. The van der Waals surface area contributed by atoms with Crippen LogP contribution >= 0.6 is 11.8 Å². The Morgan fingerprint density at radius 3 is 2.65 bits per heavy atom. The third-order valence-corrected chi connectivity index (χ3v) is 6.99. The minimum absolute atomic E-state index is 0.187. The average Bonchev–Trinajstić information content (AvgIpc) is 2.83. The van der Waals surface area contributed by atoms with Gasteiger partial charge in [-0.25, -0.2) is 8.42 Å². The van der Waals surface area contributed by atoms with Gasteiger partial charge in [-0.1, -0.05) is 25.1 Å². The number of sulfonamides is 1. The molecule has 1 aliphatic rings. The van der Waals surface area contributed by atoms with Crippen molar-refractivity contribution in [2.75, 3.05) is 5.75 Å². The van der Waals surface area contributed by atoms with Crippen LogP contribution in [0.4, 0.5) is 0 Å². The Bertz CT molecular complexity index is 615. The fourth-order valence-electron chi connectivity index (χ4n) is 2.31. The summed E-state index contributed by atoms with van der Waals surface area (Å²) in [5.41, 5.74) is 0.628. The molecule has 0 amide bonds. The number of aryl methyl sites for hydroxylation is 1. The summed E-state index contributed by atoms with van der Waals surface area (Å²) in [6.07, 6.45) is 0.583. The summed E-state index contributed by atoms with van der Waals surface area (Å²) in [5.74, 6) is -0.801. The lowest BCUT2D eigenvalue weighted by Gasteiger charge is -2.26. The van der Waals surface area contributed by atoms with Crippen LogP contribution < -0.4 is 0 Å². The maximum atomic E-state index is 12.8. The van der Waals surface area contributed by atoms with Gasteiger partial charge in [0.1, 0.15) is 6.04 Å². The number of nitrogens with zero attached hydrogens (tertiary/aromatic N) is 1. The highest BCUT2D eigenvalue weighted by Gasteiger charge is 2.45. The minimum atomic E-state index is -3.79. The summed E-state index contributed by atoms with van der Waals surface area (Å²) in [4.78, 5) is 11.5. The van der Waals surface area contributed by atoms with Gasteiger partial charge in [0.25, 0.3) is 0 Å². The second kappa shape index (κ2) is 5.75. The maximum absolute atomic E-state index is 12.8. The van der Waals surface area contributed by atoms with E-state index in [1.807, 2.05) is 6.92 Å². The van der Waals surface area contributed by atoms with Crippen molar-refractivity contribution in [3.8, 4) is 0 Å². The molecule has 1 aromatic carbocycles. The lowest BCUT2D eigenvalue weighted by Crippen LogP contribution is -2.45. The van der Waals surface area contributed by atoms with E-state index in [9.17, 15) is 18.3 Å². The number of hydrogen-bond donors (Lipinski definition) is 1. The van der Waals surface area contributed by atoms with Gasteiger partial charge in [-0.2, -0.15) is 4.31 Å². The fraction of sp³-hybridized carbons (Fsp3) is 0.462. The van der Waals surface area contributed by atoms with E-state index in [-0.39, 0.29) is 10.3 Å². The molecule has 7 heteroatoms. The van der Waals surface area contributed by atoms with Gasteiger partial charge in [0.2, 0.25) is 10.0 Å². The molecule has 0 radical (unpaired) electrons. The van der Waals surface area contributed by atoms with Crippen LogP contribution in [0.25, 0.3) is 0 Å². The monoisotopic (exact) mass is 315 g/mol. The first kappa shape index (κ1) is 15.3. The van der Waals surface area contributed by atoms with E-state index < -0.39 is 22.0 Å². The van der Waals surface area contributed by atoms with Crippen LogP contribution in [0.5, 0.6) is 0 Å². The van der Waals surface area contributed by atoms with Crippen LogP contribution in [0.15, 0.2) is 29.2 Å². The molecule has 0 saturated carbocycles. The summed E-state index contributed by atoms with van der Waals surface area (Å²) >= 11 is 1.38. The average molecular weight is 315 g/mol. The Morgan fingerprint density at radius 1 is 1.45 bits per heavy atom. The molecule has 0 aliphatic carbocycles. The molecule has 1 fully saturated rings. The Kier molecular flexibility index (Phi) is 4.41. The van der Waals surface area contributed by atoms with E-state index in [1.54, 1.807) is 25.1 Å². The lowest BCUT2D eigenvalue weighted by atomic mass is 10.2. The smallest absolute Gasteiger partial charge is 0.322 e. The zero-order chi connectivity index (χ0) is 14.9. The van der Waals surface area contributed by atoms with Gasteiger partial charge < -0.3 is 5.11 Å². The van der Waals surface area contributed by atoms with Crippen molar-refractivity contribution >= 4 is 27.8 Å². The van der Waals surface area contributed by atoms with Gasteiger partial charge in [-0.15, -0.1) is 11.8 Å². The van der Waals surface area contributed by atoms with E-state index in [1.165, 1.54) is 17.8 Å². The predicted octanol–water partition coefficient (Wildman–Crippen LogP) is 1.92. The molecule has 2 atom stereocenters. The number of benzene rings is 1. The van der Waals surface area contributed by atoms with Gasteiger partial charge in [0, 0.05) is 5.75 Å². The van der Waals surface area contributed by atoms with Crippen molar-refractivity contribution in [2.24, 2.45) is 0 Å². The number of aliphatic carboxylic acids is 1. The number of thioether (sulfide) groups is 1. The molecule has 1 N–H and O–H groups in total. The quantitative estimate of drug-likeness (QED) is 0.919. The third kappa shape index (κ3) is 2.57. The zero-order valence-corrected chi connectivity index (χ0v) is 12.9.